The molecule has 1 saturated heterocycles. The molecule has 1 aliphatic rings. The topological polar surface area (TPSA) is 91.7 Å². The van der Waals surface area contributed by atoms with Crippen LogP contribution in [0.15, 0.2) is 31.0 Å². The van der Waals surface area contributed by atoms with Crippen molar-refractivity contribution in [3.05, 3.63) is 47.4 Å². The minimum atomic E-state index is -4.95. The molecule has 1 amide bonds. The molecule has 0 radical (unpaired) electrons. The molecule has 196 valence electrons. The number of phenols is 1. The van der Waals surface area contributed by atoms with Gasteiger partial charge in [0.25, 0.3) is 0 Å². The third-order valence-electron chi connectivity index (χ3n) is 6.44. The predicted molar refractivity (Wildman–Crippen MR) is 129 cm³/mol. The summed E-state index contributed by atoms with van der Waals surface area (Å²) in [6, 6.07) is 0.764. The van der Waals surface area contributed by atoms with E-state index < -0.39 is 39.6 Å². The van der Waals surface area contributed by atoms with Crippen LogP contribution in [-0.2, 0) is 11.0 Å². The van der Waals surface area contributed by atoms with Crippen molar-refractivity contribution in [3.63, 3.8) is 0 Å². The number of pyridine rings is 1. The van der Waals surface area contributed by atoms with E-state index in [0.717, 1.165) is 12.3 Å². The summed E-state index contributed by atoms with van der Waals surface area (Å²) in [5.74, 6) is -1.78. The number of aromatic hydroxyl groups is 1. The highest BCUT2D eigenvalue weighted by Crippen LogP contribution is 2.44. The van der Waals surface area contributed by atoms with Crippen molar-refractivity contribution in [2.24, 2.45) is 0 Å². The Morgan fingerprint density at radius 1 is 1.35 bits per heavy atom. The zero-order valence-corrected chi connectivity index (χ0v) is 20.7. The van der Waals surface area contributed by atoms with Crippen molar-refractivity contribution >= 4 is 34.2 Å². The maximum Gasteiger partial charge on any atom is 0.418 e. The Bertz CT molecular complexity index is 1400. The predicted octanol–water partition coefficient (Wildman–Crippen LogP) is 4.83. The molecule has 0 bridgehead atoms. The van der Waals surface area contributed by atoms with E-state index in [-0.39, 0.29) is 40.7 Å². The van der Waals surface area contributed by atoms with Gasteiger partial charge < -0.3 is 19.6 Å². The maximum atomic E-state index is 15.8. The number of benzene rings is 1. The molecule has 2 unspecified atom stereocenters. The number of hydrogen-bond acceptors (Lipinski definition) is 7. The third kappa shape index (κ3) is 4.61. The van der Waals surface area contributed by atoms with Crippen LogP contribution in [-0.4, -0.2) is 63.7 Å². The summed E-state index contributed by atoms with van der Waals surface area (Å²) >= 11 is 5.77. The van der Waals surface area contributed by atoms with Crippen molar-refractivity contribution in [1.82, 2.24) is 19.9 Å². The van der Waals surface area contributed by atoms with Gasteiger partial charge in [-0.1, -0.05) is 18.2 Å². The normalized spacial score (nSPS) is 17.8. The standard InChI is InChI=1S/C24H22ClF4N5O3/c1-5-17(36)34-7-6-16(11(34)2)33(3)22-14-10-30-20(19(26)21(14)31-23(32-22)37-4)13-8-12(35)9-15(25)18(13)24(27,28)29/h5,8-11,16,35H,1,6-7H2,2-4H3. The molecule has 0 saturated carbocycles. The fourth-order valence-electron chi connectivity index (χ4n) is 4.66. The lowest BCUT2D eigenvalue weighted by Gasteiger charge is -2.31. The van der Waals surface area contributed by atoms with Crippen LogP contribution in [0.3, 0.4) is 0 Å². The van der Waals surface area contributed by atoms with Gasteiger partial charge in [0.15, 0.2) is 5.82 Å². The molecule has 3 heterocycles. The van der Waals surface area contributed by atoms with Crippen LogP contribution in [0.1, 0.15) is 18.9 Å². The largest absolute Gasteiger partial charge is 0.508 e. The number of rotatable bonds is 5. The van der Waals surface area contributed by atoms with Crippen molar-refractivity contribution in [3.8, 4) is 23.0 Å². The number of likely N-dealkylation sites (N-methyl/N-ethyl adjacent to an activating group) is 1. The quantitative estimate of drug-likeness (QED) is 0.367. The average Bonchev–Trinajstić information content (AvgIpc) is 3.22. The number of aromatic nitrogens is 3. The number of amides is 1. The first-order valence-electron chi connectivity index (χ1n) is 11.0. The van der Waals surface area contributed by atoms with E-state index in [1.807, 2.05) is 6.92 Å². The molecule has 2 aromatic heterocycles. The number of methoxy groups -OCH3 is 1. The maximum absolute atomic E-state index is 15.8. The van der Waals surface area contributed by atoms with Crippen molar-refractivity contribution in [2.45, 2.75) is 31.6 Å². The molecule has 1 aromatic carbocycles. The molecule has 37 heavy (non-hydrogen) atoms. The molecule has 0 aliphatic carbocycles. The van der Waals surface area contributed by atoms with Gasteiger partial charge in [-0.05, 0) is 31.6 Å². The Morgan fingerprint density at radius 3 is 2.68 bits per heavy atom. The minimum absolute atomic E-state index is 0.116. The van der Waals surface area contributed by atoms with Gasteiger partial charge in [-0.3, -0.25) is 9.78 Å². The van der Waals surface area contributed by atoms with Crippen LogP contribution in [0.2, 0.25) is 5.02 Å². The van der Waals surface area contributed by atoms with Gasteiger partial charge in [0.2, 0.25) is 5.91 Å². The first kappa shape index (κ1) is 26.4. The lowest BCUT2D eigenvalue weighted by molar-refractivity contribution is -0.137. The van der Waals surface area contributed by atoms with Gasteiger partial charge >= 0.3 is 12.2 Å². The summed E-state index contributed by atoms with van der Waals surface area (Å²) in [7, 11) is 2.97. The minimum Gasteiger partial charge on any atom is -0.508 e. The van der Waals surface area contributed by atoms with Gasteiger partial charge in [-0.25, -0.2) is 4.39 Å². The number of carbonyl (C=O) groups is 1. The molecule has 1 aliphatic heterocycles. The van der Waals surface area contributed by atoms with E-state index in [2.05, 4.69) is 21.5 Å². The summed E-state index contributed by atoms with van der Waals surface area (Å²) in [5.41, 5.74) is -3.13. The molecule has 1 fully saturated rings. The van der Waals surface area contributed by atoms with Gasteiger partial charge in [0.05, 0.1) is 29.1 Å². The number of nitrogens with zero attached hydrogens (tertiary/aromatic N) is 5. The van der Waals surface area contributed by atoms with Gasteiger partial charge in [-0.2, -0.15) is 23.1 Å². The second-order valence-electron chi connectivity index (χ2n) is 8.51. The molecule has 1 N–H and O–H groups in total. The number of anilines is 1. The second-order valence-corrected chi connectivity index (χ2v) is 8.92. The molecule has 0 spiro atoms. The van der Waals surface area contributed by atoms with E-state index >= 15 is 4.39 Å². The summed E-state index contributed by atoms with van der Waals surface area (Å²) in [6.45, 7) is 5.85. The number of halogens is 5. The Hall–Kier alpha value is -3.67. The van der Waals surface area contributed by atoms with Gasteiger partial charge in [0.1, 0.15) is 22.8 Å². The highest BCUT2D eigenvalue weighted by molar-refractivity contribution is 6.32. The van der Waals surface area contributed by atoms with Crippen LogP contribution >= 0.6 is 11.6 Å². The Kier molecular flexibility index (Phi) is 6.89. The highest BCUT2D eigenvalue weighted by atomic mass is 35.5. The number of phenolic OH excluding ortho intramolecular Hbond substituents is 1. The van der Waals surface area contributed by atoms with E-state index in [4.69, 9.17) is 16.3 Å². The number of ether oxygens (including phenoxy) is 1. The fourth-order valence-corrected chi connectivity index (χ4v) is 4.98. The molecular weight excluding hydrogens is 518 g/mol. The van der Waals surface area contributed by atoms with Crippen LogP contribution < -0.4 is 9.64 Å². The Balaban J connectivity index is 1.89. The number of hydrogen-bond donors (Lipinski definition) is 1. The summed E-state index contributed by atoms with van der Waals surface area (Å²) < 4.78 is 62.3. The van der Waals surface area contributed by atoms with Crippen molar-refractivity contribution < 1.29 is 32.2 Å². The molecule has 8 nitrogen and oxygen atoms in total. The van der Waals surface area contributed by atoms with E-state index in [1.54, 1.807) is 16.8 Å². The van der Waals surface area contributed by atoms with Gasteiger partial charge in [0, 0.05) is 31.4 Å². The second kappa shape index (κ2) is 9.66. The summed E-state index contributed by atoms with van der Waals surface area (Å²) in [6.07, 6.45) is -1.99. The lowest BCUT2D eigenvalue weighted by atomic mass is 10.0. The summed E-state index contributed by atoms with van der Waals surface area (Å²) in [4.78, 5) is 27.9. The first-order chi connectivity index (χ1) is 17.4. The van der Waals surface area contributed by atoms with Crippen molar-refractivity contribution in [1.29, 1.82) is 0 Å². The van der Waals surface area contributed by atoms with Crippen LogP contribution in [0.25, 0.3) is 22.2 Å². The first-order valence-corrected chi connectivity index (χ1v) is 11.4. The summed E-state index contributed by atoms with van der Waals surface area (Å²) in [5, 5.41) is 9.19. The molecule has 2 atom stereocenters. The van der Waals surface area contributed by atoms with Crippen LogP contribution in [0, 0.1) is 5.82 Å². The zero-order valence-electron chi connectivity index (χ0n) is 20.0. The zero-order chi connectivity index (χ0) is 27.2. The number of fused-ring (bicyclic) bond motifs is 1. The number of alkyl halides is 3. The average molecular weight is 540 g/mol. The highest BCUT2D eigenvalue weighted by Gasteiger charge is 2.39. The van der Waals surface area contributed by atoms with Gasteiger partial charge in [-0.15, -0.1) is 0 Å². The molecule has 3 aromatic rings. The smallest absolute Gasteiger partial charge is 0.418 e. The SMILES string of the molecule is C=CC(=O)N1CCC(N(C)c2nc(OC)nc3c(F)c(-c4cc(O)cc(Cl)c4C(F)(F)F)ncc23)C1C. The number of carbonyl (C=O) groups excluding carboxylic acids is 1. The third-order valence-corrected chi connectivity index (χ3v) is 6.74. The molecule has 4 rings (SSSR count). The van der Waals surface area contributed by atoms with E-state index in [9.17, 15) is 23.1 Å². The van der Waals surface area contributed by atoms with Crippen LogP contribution in [0.5, 0.6) is 11.8 Å². The monoisotopic (exact) mass is 539 g/mol. The van der Waals surface area contributed by atoms with E-state index in [0.29, 0.717) is 19.0 Å². The Labute approximate surface area is 214 Å². The fraction of sp³-hybridized carbons (Fsp3) is 0.333. The molecular formula is C24H22ClF4N5O3. The van der Waals surface area contributed by atoms with E-state index in [1.165, 1.54) is 13.2 Å². The lowest BCUT2D eigenvalue weighted by Crippen LogP contribution is -2.43. The molecule has 13 heteroatoms. The Morgan fingerprint density at radius 2 is 2.05 bits per heavy atom. The van der Waals surface area contributed by atoms with Crippen LogP contribution in [0.4, 0.5) is 23.4 Å². The van der Waals surface area contributed by atoms with Crippen molar-refractivity contribution in [2.75, 3.05) is 25.6 Å². The number of likely N-dealkylation sites (tertiary alicyclic amines) is 1.